The molecule has 0 amide bonds. The molecule has 8 heteroatoms. The number of halogens is 1. The van der Waals surface area contributed by atoms with Gasteiger partial charge in [-0.25, -0.2) is 8.42 Å². The smallest absolute Gasteiger partial charge is 0.196 e. The third-order valence-electron chi connectivity index (χ3n) is 0.993. The molecule has 2 N–H and O–H groups in total. The molecular formula is C4H3ClO4S3. The second-order valence-electron chi connectivity index (χ2n) is 1.70. The summed E-state index contributed by atoms with van der Waals surface area (Å²) in [6, 6.07) is 1.14. The molecule has 12 heavy (non-hydrogen) atoms. The van der Waals surface area contributed by atoms with Crippen molar-refractivity contribution in [1.29, 1.82) is 0 Å². The molecule has 68 valence electrons. The Morgan fingerprint density at radius 2 is 1.92 bits per heavy atom. The lowest BCUT2D eigenvalue weighted by Crippen LogP contribution is -1.85. The molecule has 1 heterocycles. The van der Waals surface area contributed by atoms with Crippen molar-refractivity contribution < 1.29 is 17.5 Å². The van der Waals surface area contributed by atoms with Crippen LogP contribution < -0.4 is 0 Å². The fourth-order valence-electron chi connectivity index (χ4n) is 0.537. The standard InChI is InChI=1S/C4H3ClO4S3/c5-4-2(11(6)7)1-3(10-4)12(8)9/h1H,(H,6,7)(H,8,9). The first-order chi connectivity index (χ1) is 5.52. The molecule has 0 saturated carbocycles. The van der Waals surface area contributed by atoms with Gasteiger partial charge in [0.25, 0.3) is 0 Å². The van der Waals surface area contributed by atoms with Crippen molar-refractivity contribution in [1.82, 2.24) is 0 Å². The van der Waals surface area contributed by atoms with Gasteiger partial charge in [-0.2, -0.15) is 0 Å². The van der Waals surface area contributed by atoms with Crippen LogP contribution in [0.25, 0.3) is 0 Å². The van der Waals surface area contributed by atoms with Crippen molar-refractivity contribution >= 4 is 45.1 Å². The lowest BCUT2D eigenvalue weighted by molar-refractivity contribution is 0.564. The van der Waals surface area contributed by atoms with Gasteiger partial charge in [0.05, 0.1) is 4.90 Å². The Morgan fingerprint density at radius 3 is 2.17 bits per heavy atom. The average molecular weight is 247 g/mol. The van der Waals surface area contributed by atoms with Crippen LogP contribution >= 0.6 is 22.9 Å². The monoisotopic (exact) mass is 246 g/mol. The van der Waals surface area contributed by atoms with Gasteiger partial charge in [-0.05, 0) is 6.07 Å². The van der Waals surface area contributed by atoms with Gasteiger partial charge in [-0.3, -0.25) is 0 Å². The topological polar surface area (TPSA) is 74.6 Å². The average Bonchev–Trinajstić information content (AvgIpc) is 2.30. The van der Waals surface area contributed by atoms with E-state index in [1.54, 1.807) is 0 Å². The molecule has 0 spiro atoms. The highest BCUT2D eigenvalue weighted by Crippen LogP contribution is 2.31. The summed E-state index contributed by atoms with van der Waals surface area (Å²) < 4.78 is 38.3. The second-order valence-corrected chi connectivity index (χ2v) is 5.49. The maximum atomic E-state index is 10.5. The maximum absolute atomic E-state index is 10.5. The second kappa shape index (κ2) is 3.95. The van der Waals surface area contributed by atoms with Gasteiger partial charge in [0, 0.05) is 0 Å². The molecule has 1 aromatic heterocycles. The highest BCUT2D eigenvalue weighted by atomic mass is 35.5. The van der Waals surface area contributed by atoms with Crippen molar-refractivity contribution in [2.75, 3.05) is 0 Å². The first kappa shape index (κ1) is 10.3. The van der Waals surface area contributed by atoms with E-state index in [1.165, 1.54) is 0 Å². The van der Waals surface area contributed by atoms with Crippen LogP contribution in [0.4, 0.5) is 0 Å². The van der Waals surface area contributed by atoms with E-state index in [0.29, 0.717) is 0 Å². The van der Waals surface area contributed by atoms with Crippen LogP contribution in [0.3, 0.4) is 0 Å². The van der Waals surface area contributed by atoms with Crippen LogP contribution in [-0.4, -0.2) is 17.5 Å². The summed E-state index contributed by atoms with van der Waals surface area (Å²) in [7, 11) is 0. The minimum atomic E-state index is -2.20. The fourth-order valence-corrected chi connectivity index (χ4v) is 3.29. The Balaban J connectivity index is 3.17. The van der Waals surface area contributed by atoms with Gasteiger partial charge < -0.3 is 9.11 Å². The quantitative estimate of drug-likeness (QED) is 0.777. The molecule has 2 atom stereocenters. The summed E-state index contributed by atoms with van der Waals surface area (Å²) in [5.41, 5.74) is 0. The zero-order chi connectivity index (χ0) is 9.30. The zero-order valence-corrected chi connectivity index (χ0v) is 8.60. The number of hydrogen-bond donors (Lipinski definition) is 2. The Labute approximate surface area is 82.1 Å². The summed E-state index contributed by atoms with van der Waals surface area (Å²) in [5, 5.41) is 0. The molecular weight excluding hydrogens is 244 g/mol. The van der Waals surface area contributed by atoms with Crippen molar-refractivity contribution in [2.24, 2.45) is 0 Å². The van der Waals surface area contributed by atoms with E-state index in [4.69, 9.17) is 20.7 Å². The molecule has 0 fully saturated rings. The van der Waals surface area contributed by atoms with Gasteiger partial charge in [-0.1, -0.05) is 11.6 Å². The van der Waals surface area contributed by atoms with Gasteiger partial charge in [0.15, 0.2) is 22.2 Å². The number of hydrogen-bond acceptors (Lipinski definition) is 3. The fraction of sp³-hybridized carbons (Fsp3) is 0. The first-order valence-corrected chi connectivity index (χ1v) is 5.94. The van der Waals surface area contributed by atoms with E-state index in [9.17, 15) is 8.42 Å². The van der Waals surface area contributed by atoms with Gasteiger partial charge in [0.2, 0.25) is 0 Å². The van der Waals surface area contributed by atoms with Crippen molar-refractivity contribution in [3.8, 4) is 0 Å². The van der Waals surface area contributed by atoms with E-state index >= 15 is 0 Å². The molecule has 0 bridgehead atoms. The van der Waals surface area contributed by atoms with Gasteiger partial charge >= 0.3 is 0 Å². The Morgan fingerprint density at radius 1 is 1.33 bits per heavy atom. The molecule has 0 saturated heterocycles. The normalized spacial score (nSPS) is 15.9. The lowest BCUT2D eigenvalue weighted by atomic mass is 10.7. The summed E-state index contributed by atoms with van der Waals surface area (Å²) in [6.45, 7) is 0. The molecule has 1 rings (SSSR count). The molecule has 0 radical (unpaired) electrons. The molecule has 1 aromatic rings. The predicted molar refractivity (Wildman–Crippen MR) is 47.4 cm³/mol. The minimum Gasteiger partial charge on any atom is -0.302 e. The van der Waals surface area contributed by atoms with Crippen molar-refractivity contribution in [3.05, 3.63) is 10.4 Å². The van der Waals surface area contributed by atoms with Crippen LogP contribution in [0, 0.1) is 0 Å². The largest absolute Gasteiger partial charge is 0.302 e. The molecule has 2 unspecified atom stereocenters. The molecule has 4 nitrogen and oxygen atoms in total. The maximum Gasteiger partial charge on any atom is 0.196 e. The summed E-state index contributed by atoms with van der Waals surface area (Å²) in [5.74, 6) is 0. The van der Waals surface area contributed by atoms with Crippen molar-refractivity contribution in [3.63, 3.8) is 0 Å². The molecule has 0 aliphatic rings. The van der Waals surface area contributed by atoms with E-state index in [0.717, 1.165) is 17.4 Å². The predicted octanol–water partition coefficient (Wildman–Crippen LogP) is 1.56. The summed E-state index contributed by atoms with van der Waals surface area (Å²) in [6.07, 6.45) is 0. The van der Waals surface area contributed by atoms with Crippen LogP contribution in [0.15, 0.2) is 15.2 Å². The first-order valence-electron chi connectivity index (χ1n) is 2.53. The van der Waals surface area contributed by atoms with Crippen molar-refractivity contribution in [2.45, 2.75) is 9.10 Å². The van der Waals surface area contributed by atoms with Gasteiger partial charge in [0.1, 0.15) is 8.55 Å². The lowest BCUT2D eigenvalue weighted by Gasteiger charge is -1.85. The van der Waals surface area contributed by atoms with Gasteiger partial charge in [-0.15, -0.1) is 11.3 Å². The highest BCUT2D eigenvalue weighted by molar-refractivity contribution is 7.82. The SMILES string of the molecule is O=S(O)c1cc(S(=O)O)c(Cl)s1. The van der Waals surface area contributed by atoms with E-state index in [2.05, 4.69) is 0 Å². The Hall–Kier alpha value is 0.210. The van der Waals surface area contributed by atoms with E-state index < -0.39 is 22.2 Å². The highest BCUT2D eigenvalue weighted by Gasteiger charge is 2.14. The zero-order valence-electron chi connectivity index (χ0n) is 5.39. The van der Waals surface area contributed by atoms with Crippen LogP contribution in [0.2, 0.25) is 4.34 Å². The Kier molecular flexibility index (Phi) is 3.38. The van der Waals surface area contributed by atoms with Crippen LogP contribution in [0.1, 0.15) is 0 Å². The number of thiophene rings is 1. The third-order valence-corrected chi connectivity index (χ3v) is 4.23. The third kappa shape index (κ3) is 2.12. The van der Waals surface area contributed by atoms with Crippen LogP contribution in [0.5, 0.6) is 0 Å². The minimum absolute atomic E-state index is 0.0286. The van der Waals surface area contributed by atoms with Crippen LogP contribution in [-0.2, 0) is 22.2 Å². The summed E-state index contributed by atoms with van der Waals surface area (Å²) in [4.78, 5) is -0.0286. The van der Waals surface area contributed by atoms with E-state index in [1.807, 2.05) is 0 Å². The number of rotatable bonds is 2. The molecule has 0 aromatic carbocycles. The summed E-state index contributed by atoms with van der Waals surface area (Å²) >= 11 is 1.97. The van der Waals surface area contributed by atoms with E-state index in [-0.39, 0.29) is 13.4 Å². The molecule has 0 aliphatic heterocycles. The molecule has 0 aliphatic carbocycles. The Bertz CT molecular complexity index is 346.